The molecule has 1 heterocycles. The Hall–Kier alpha value is -0.170. The van der Waals surface area contributed by atoms with Crippen LogP contribution in [0.25, 0.3) is 0 Å². The Morgan fingerprint density at radius 1 is 1.10 bits per heavy atom. The van der Waals surface area contributed by atoms with E-state index in [2.05, 4.69) is 17.1 Å². The second kappa shape index (κ2) is 7.20. The van der Waals surface area contributed by atoms with Gasteiger partial charge in [-0.05, 0) is 25.8 Å². The lowest BCUT2D eigenvalue weighted by molar-refractivity contribution is 0.0870. The molecule has 1 saturated carbocycles. The molecule has 0 bridgehead atoms. The Morgan fingerprint density at radius 2 is 1.75 bits per heavy atom. The van der Waals surface area contributed by atoms with Crippen LogP contribution in [0.2, 0.25) is 0 Å². The molecule has 0 aromatic heterocycles. The van der Waals surface area contributed by atoms with Crippen LogP contribution in [-0.2, 0) is 10.0 Å². The van der Waals surface area contributed by atoms with Gasteiger partial charge in [0.25, 0.3) is 0 Å². The zero-order valence-electron chi connectivity index (χ0n) is 12.8. The number of nitrogens with zero attached hydrogens (tertiary/aromatic N) is 2. The van der Waals surface area contributed by atoms with Gasteiger partial charge in [-0.15, -0.1) is 0 Å². The van der Waals surface area contributed by atoms with E-state index < -0.39 is 10.0 Å². The molecule has 1 saturated heterocycles. The molecule has 20 heavy (non-hydrogen) atoms. The fraction of sp³-hybridized carbons (Fsp3) is 1.00. The van der Waals surface area contributed by atoms with Crippen molar-refractivity contribution in [3.63, 3.8) is 0 Å². The van der Waals surface area contributed by atoms with Gasteiger partial charge >= 0.3 is 0 Å². The summed E-state index contributed by atoms with van der Waals surface area (Å²) in [6, 6.07) is 1.19. The SMILES string of the molecule is CCCNC1CCCCC1N1CCN(S(C)(=O)=O)CC1. The van der Waals surface area contributed by atoms with Crippen molar-refractivity contribution in [2.75, 3.05) is 39.0 Å². The monoisotopic (exact) mass is 303 g/mol. The molecule has 0 spiro atoms. The molecule has 0 aromatic rings. The van der Waals surface area contributed by atoms with Gasteiger partial charge in [-0.25, -0.2) is 8.42 Å². The lowest BCUT2D eigenvalue weighted by Crippen LogP contribution is -2.58. The van der Waals surface area contributed by atoms with Crippen molar-refractivity contribution in [2.24, 2.45) is 0 Å². The third-order valence-electron chi connectivity index (χ3n) is 4.60. The summed E-state index contributed by atoms with van der Waals surface area (Å²) in [5, 5.41) is 3.69. The Labute approximate surface area is 123 Å². The average molecular weight is 303 g/mol. The first-order valence-corrected chi connectivity index (χ1v) is 9.79. The van der Waals surface area contributed by atoms with Crippen LogP contribution in [0.4, 0.5) is 0 Å². The normalized spacial score (nSPS) is 30.5. The lowest BCUT2D eigenvalue weighted by atomic mass is 9.88. The zero-order valence-corrected chi connectivity index (χ0v) is 13.7. The van der Waals surface area contributed by atoms with Crippen LogP contribution >= 0.6 is 0 Å². The lowest BCUT2D eigenvalue weighted by Gasteiger charge is -2.44. The molecule has 2 atom stereocenters. The second-order valence-electron chi connectivity index (χ2n) is 6.11. The third-order valence-corrected chi connectivity index (χ3v) is 5.90. The van der Waals surface area contributed by atoms with E-state index in [1.807, 2.05) is 0 Å². The van der Waals surface area contributed by atoms with Gasteiger partial charge in [0.05, 0.1) is 6.26 Å². The number of sulfonamides is 1. The minimum Gasteiger partial charge on any atom is -0.312 e. The quantitative estimate of drug-likeness (QED) is 0.819. The van der Waals surface area contributed by atoms with Gasteiger partial charge in [0.15, 0.2) is 0 Å². The van der Waals surface area contributed by atoms with E-state index in [1.165, 1.54) is 38.4 Å². The van der Waals surface area contributed by atoms with Crippen molar-refractivity contribution in [2.45, 2.75) is 51.1 Å². The molecule has 118 valence electrons. The molecule has 5 nitrogen and oxygen atoms in total. The zero-order chi connectivity index (χ0) is 14.6. The summed E-state index contributed by atoms with van der Waals surface area (Å²) < 4.78 is 24.8. The summed E-state index contributed by atoms with van der Waals surface area (Å²) in [6.07, 6.45) is 7.62. The van der Waals surface area contributed by atoms with Gasteiger partial charge in [0.2, 0.25) is 10.0 Å². The highest BCUT2D eigenvalue weighted by molar-refractivity contribution is 7.88. The van der Waals surface area contributed by atoms with Crippen molar-refractivity contribution < 1.29 is 8.42 Å². The standard InChI is InChI=1S/C14H29N3O2S/c1-3-8-15-13-6-4-5-7-14(13)16-9-11-17(12-10-16)20(2,18)19/h13-15H,3-12H2,1-2H3. The highest BCUT2D eigenvalue weighted by Crippen LogP contribution is 2.24. The molecule has 1 N–H and O–H groups in total. The van der Waals surface area contributed by atoms with E-state index in [0.717, 1.165) is 19.6 Å². The van der Waals surface area contributed by atoms with E-state index >= 15 is 0 Å². The van der Waals surface area contributed by atoms with Crippen molar-refractivity contribution in [3.05, 3.63) is 0 Å². The van der Waals surface area contributed by atoms with Crippen molar-refractivity contribution in [3.8, 4) is 0 Å². The number of rotatable bonds is 5. The predicted octanol–water partition coefficient (Wildman–Crippen LogP) is 0.874. The fourth-order valence-electron chi connectivity index (χ4n) is 3.48. The van der Waals surface area contributed by atoms with Crippen LogP contribution < -0.4 is 5.32 Å². The number of nitrogens with one attached hydrogen (secondary N) is 1. The minimum absolute atomic E-state index is 0.591. The largest absolute Gasteiger partial charge is 0.312 e. The Bertz CT molecular complexity index is 391. The molecule has 1 aliphatic carbocycles. The molecule has 0 radical (unpaired) electrons. The molecule has 2 fully saturated rings. The van der Waals surface area contributed by atoms with Gasteiger partial charge in [-0.2, -0.15) is 4.31 Å². The van der Waals surface area contributed by atoms with Gasteiger partial charge in [0, 0.05) is 38.3 Å². The maximum absolute atomic E-state index is 11.6. The van der Waals surface area contributed by atoms with Crippen LogP contribution in [0.3, 0.4) is 0 Å². The smallest absolute Gasteiger partial charge is 0.211 e. The highest BCUT2D eigenvalue weighted by Gasteiger charge is 2.33. The highest BCUT2D eigenvalue weighted by atomic mass is 32.2. The minimum atomic E-state index is -3.02. The van der Waals surface area contributed by atoms with Crippen LogP contribution in [0.1, 0.15) is 39.0 Å². The maximum atomic E-state index is 11.6. The van der Waals surface area contributed by atoms with Crippen molar-refractivity contribution >= 4 is 10.0 Å². The summed E-state index contributed by atoms with van der Waals surface area (Å²) in [5.41, 5.74) is 0. The summed E-state index contributed by atoms with van der Waals surface area (Å²) in [6.45, 7) is 6.34. The van der Waals surface area contributed by atoms with Gasteiger partial charge in [-0.1, -0.05) is 19.8 Å². The first kappa shape index (κ1) is 16.2. The third kappa shape index (κ3) is 4.16. The molecule has 1 aliphatic heterocycles. The summed E-state index contributed by atoms with van der Waals surface area (Å²) in [5.74, 6) is 0. The average Bonchev–Trinajstić information content (AvgIpc) is 2.45. The summed E-state index contributed by atoms with van der Waals surface area (Å²) >= 11 is 0. The molecule has 0 aromatic carbocycles. The van der Waals surface area contributed by atoms with Crippen molar-refractivity contribution in [1.29, 1.82) is 0 Å². The number of hydrogen-bond donors (Lipinski definition) is 1. The topological polar surface area (TPSA) is 52.6 Å². The Kier molecular flexibility index (Phi) is 5.84. The molecular weight excluding hydrogens is 274 g/mol. The van der Waals surface area contributed by atoms with Crippen LogP contribution in [0, 0.1) is 0 Å². The molecule has 2 aliphatic rings. The van der Waals surface area contributed by atoms with Crippen LogP contribution in [0.5, 0.6) is 0 Å². The maximum Gasteiger partial charge on any atom is 0.211 e. The number of hydrogen-bond acceptors (Lipinski definition) is 4. The van der Waals surface area contributed by atoms with E-state index in [9.17, 15) is 8.42 Å². The fourth-order valence-corrected chi connectivity index (χ4v) is 4.31. The molecule has 0 amide bonds. The first-order valence-electron chi connectivity index (χ1n) is 7.95. The predicted molar refractivity (Wildman–Crippen MR) is 82.3 cm³/mol. The molecular formula is C14H29N3O2S. The van der Waals surface area contributed by atoms with Crippen LogP contribution in [0.15, 0.2) is 0 Å². The first-order chi connectivity index (χ1) is 9.52. The van der Waals surface area contributed by atoms with E-state index in [0.29, 0.717) is 25.2 Å². The van der Waals surface area contributed by atoms with Crippen LogP contribution in [-0.4, -0.2) is 68.7 Å². The van der Waals surface area contributed by atoms with Gasteiger partial charge in [0.1, 0.15) is 0 Å². The van der Waals surface area contributed by atoms with Gasteiger partial charge < -0.3 is 5.32 Å². The van der Waals surface area contributed by atoms with Gasteiger partial charge in [-0.3, -0.25) is 4.90 Å². The Balaban J connectivity index is 1.90. The number of piperazine rings is 1. The molecule has 2 rings (SSSR count). The van der Waals surface area contributed by atoms with E-state index in [-0.39, 0.29) is 0 Å². The van der Waals surface area contributed by atoms with E-state index in [1.54, 1.807) is 4.31 Å². The summed E-state index contributed by atoms with van der Waals surface area (Å²) in [7, 11) is -3.02. The van der Waals surface area contributed by atoms with E-state index in [4.69, 9.17) is 0 Å². The molecule has 6 heteroatoms. The van der Waals surface area contributed by atoms with Crippen molar-refractivity contribution in [1.82, 2.24) is 14.5 Å². The second-order valence-corrected chi connectivity index (χ2v) is 8.09. The Morgan fingerprint density at radius 3 is 2.35 bits per heavy atom. The summed E-state index contributed by atoms with van der Waals surface area (Å²) in [4.78, 5) is 2.51. The molecule has 2 unspecified atom stereocenters.